The summed E-state index contributed by atoms with van der Waals surface area (Å²) in [4.78, 5) is 13.5. The van der Waals surface area contributed by atoms with E-state index in [1.165, 1.54) is 0 Å². The largest absolute Gasteiger partial charge is 0.495 e. The monoisotopic (exact) mass is 292 g/mol. The number of benzene rings is 1. The van der Waals surface area contributed by atoms with E-state index in [1.54, 1.807) is 20.2 Å². The SMILES string of the molecule is CCOC(=O)C1=CN(C)C(Nc2ccccc2OC)NN1. The Balaban J connectivity index is 2.05. The van der Waals surface area contributed by atoms with Crippen LogP contribution in [0.25, 0.3) is 0 Å². The minimum atomic E-state index is -0.396. The molecular weight excluding hydrogens is 272 g/mol. The highest BCUT2D eigenvalue weighted by molar-refractivity contribution is 5.87. The van der Waals surface area contributed by atoms with Crippen molar-refractivity contribution in [2.45, 2.75) is 13.2 Å². The number of para-hydroxylation sites is 2. The average Bonchev–Trinajstić information content (AvgIpc) is 2.50. The number of rotatable bonds is 5. The Hall–Kier alpha value is -2.41. The molecule has 0 bridgehead atoms. The lowest BCUT2D eigenvalue weighted by Gasteiger charge is -2.34. The molecule has 1 aliphatic rings. The Kier molecular flexibility index (Phi) is 4.89. The number of nitrogens with zero attached hydrogens (tertiary/aromatic N) is 1. The summed E-state index contributed by atoms with van der Waals surface area (Å²) in [7, 11) is 3.47. The fourth-order valence-electron chi connectivity index (χ4n) is 1.92. The van der Waals surface area contributed by atoms with Crippen LogP contribution in [0.5, 0.6) is 5.75 Å². The van der Waals surface area contributed by atoms with E-state index in [0.29, 0.717) is 12.3 Å². The average molecular weight is 292 g/mol. The normalized spacial score (nSPS) is 17.6. The summed E-state index contributed by atoms with van der Waals surface area (Å²) >= 11 is 0. The predicted octanol–water partition coefficient (Wildman–Crippen LogP) is 0.835. The Bertz CT molecular complexity index is 533. The molecule has 1 atom stereocenters. The van der Waals surface area contributed by atoms with Gasteiger partial charge in [0.1, 0.15) is 5.75 Å². The van der Waals surface area contributed by atoms with Gasteiger partial charge in [-0.3, -0.25) is 0 Å². The molecule has 0 radical (unpaired) electrons. The van der Waals surface area contributed by atoms with Crippen molar-refractivity contribution < 1.29 is 14.3 Å². The van der Waals surface area contributed by atoms with Gasteiger partial charge in [-0.15, -0.1) is 0 Å². The van der Waals surface area contributed by atoms with Crippen molar-refractivity contribution in [1.82, 2.24) is 15.8 Å². The van der Waals surface area contributed by atoms with E-state index in [1.807, 2.05) is 36.2 Å². The third-order valence-electron chi connectivity index (χ3n) is 2.98. The number of methoxy groups -OCH3 is 1. The molecular formula is C14H20N4O3. The zero-order valence-electron chi connectivity index (χ0n) is 12.3. The zero-order chi connectivity index (χ0) is 15.2. The van der Waals surface area contributed by atoms with Crippen LogP contribution in [0.4, 0.5) is 5.69 Å². The quantitative estimate of drug-likeness (QED) is 0.694. The first-order chi connectivity index (χ1) is 10.2. The molecule has 2 rings (SSSR count). The van der Waals surface area contributed by atoms with Gasteiger partial charge in [0.15, 0.2) is 12.0 Å². The highest BCUT2D eigenvalue weighted by Gasteiger charge is 2.22. The minimum Gasteiger partial charge on any atom is -0.495 e. The lowest BCUT2D eigenvalue weighted by atomic mass is 10.3. The maximum atomic E-state index is 11.6. The van der Waals surface area contributed by atoms with Crippen molar-refractivity contribution in [3.05, 3.63) is 36.2 Å². The first kappa shape index (κ1) is 15.0. The highest BCUT2D eigenvalue weighted by Crippen LogP contribution is 2.24. The first-order valence-corrected chi connectivity index (χ1v) is 6.67. The number of anilines is 1. The van der Waals surface area contributed by atoms with E-state index in [4.69, 9.17) is 9.47 Å². The van der Waals surface area contributed by atoms with E-state index in [-0.39, 0.29) is 6.29 Å². The van der Waals surface area contributed by atoms with Crippen LogP contribution in [0.15, 0.2) is 36.2 Å². The Morgan fingerprint density at radius 3 is 2.86 bits per heavy atom. The van der Waals surface area contributed by atoms with Crippen LogP contribution in [0, 0.1) is 0 Å². The lowest BCUT2D eigenvalue weighted by molar-refractivity contribution is -0.139. The summed E-state index contributed by atoms with van der Waals surface area (Å²) < 4.78 is 10.2. The van der Waals surface area contributed by atoms with Gasteiger partial charge in [0.25, 0.3) is 0 Å². The standard InChI is InChI=1S/C14H20N4O3/c1-4-21-13(19)11-9-18(2)14(17-16-11)15-10-7-5-6-8-12(10)20-3/h5-9,14-17H,4H2,1-3H3. The molecule has 0 aromatic heterocycles. The molecule has 0 fully saturated rings. The van der Waals surface area contributed by atoms with E-state index < -0.39 is 5.97 Å². The molecule has 21 heavy (non-hydrogen) atoms. The van der Waals surface area contributed by atoms with Crippen LogP contribution in [0.3, 0.4) is 0 Å². The second-order valence-corrected chi connectivity index (χ2v) is 4.45. The van der Waals surface area contributed by atoms with Gasteiger partial charge in [-0.2, -0.15) is 5.43 Å². The van der Waals surface area contributed by atoms with E-state index in [9.17, 15) is 4.79 Å². The van der Waals surface area contributed by atoms with E-state index >= 15 is 0 Å². The molecule has 3 N–H and O–H groups in total. The zero-order valence-corrected chi connectivity index (χ0v) is 12.3. The Morgan fingerprint density at radius 1 is 1.43 bits per heavy atom. The minimum absolute atomic E-state index is 0.237. The van der Waals surface area contributed by atoms with Crippen LogP contribution < -0.4 is 20.9 Å². The van der Waals surface area contributed by atoms with Gasteiger partial charge in [0.05, 0.1) is 19.4 Å². The lowest BCUT2D eigenvalue weighted by Crippen LogP contribution is -2.57. The van der Waals surface area contributed by atoms with Crippen LogP contribution in [-0.4, -0.2) is 37.9 Å². The van der Waals surface area contributed by atoms with Gasteiger partial charge in [-0.25, -0.2) is 4.79 Å². The summed E-state index contributed by atoms with van der Waals surface area (Å²) in [5, 5.41) is 3.27. The number of carbonyl (C=O) groups excluding carboxylic acids is 1. The van der Waals surface area contributed by atoms with Crippen molar-refractivity contribution in [3.63, 3.8) is 0 Å². The molecule has 1 aliphatic heterocycles. The smallest absolute Gasteiger partial charge is 0.357 e. The molecule has 1 unspecified atom stereocenters. The molecule has 1 aromatic carbocycles. The summed E-state index contributed by atoms with van der Waals surface area (Å²) in [5.41, 5.74) is 7.04. The summed E-state index contributed by atoms with van der Waals surface area (Å²) in [6, 6.07) is 7.61. The number of nitrogens with one attached hydrogen (secondary N) is 3. The van der Waals surface area contributed by atoms with Crippen molar-refractivity contribution in [3.8, 4) is 5.75 Å². The van der Waals surface area contributed by atoms with Gasteiger partial charge >= 0.3 is 5.97 Å². The molecule has 0 aliphatic carbocycles. The van der Waals surface area contributed by atoms with Gasteiger partial charge < -0.3 is 25.1 Å². The van der Waals surface area contributed by atoms with Gasteiger partial charge in [-0.1, -0.05) is 12.1 Å². The van der Waals surface area contributed by atoms with Crippen molar-refractivity contribution in [2.24, 2.45) is 0 Å². The number of hydrogen-bond acceptors (Lipinski definition) is 7. The van der Waals surface area contributed by atoms with Crippen molar-refractivity contribution in [2.75, 3.05) is 26.1 Å². The van der Waals surface area contributed by atoms with Gasteiger partial charge in [0.2, 0.25) is 0 Å². The Labute approximate surface area is 123 Å². The molecule has 0 amide bonds. The molecule has 0 saturated heterocycles. The van der Waals surface area contributed by atoms with Crippen LogP contribution >= 0.6 is 0 Å². The fourth-order valence-corrected chi connectivity index (χ4v) is 1.92. The number of hydrazine groups is 1. The maximum Gasteiger partial charge on any atom is 0.357 e. The van der Waals surface area contributed by atoms with Crippen molar-refractivity contribution >= 4 is 11.7 Å². The third-order valence-corrected chi connectivity index (χ3v) is 2.98. The van der Waals surface area contributed by atoms with Gasteiger partial charge in [0, 0.05) is 13.2 Å². The summed E-state index contributed by atoms with van der Waals surface area (Å²) in [6.45, 7) is 2.11. The fraction of sp³-hybridized carbons (Fsp3) is 0.357. The van der Waals surface area contributed by atoms with Gasteiger partial charge in [-0.05, 0) is 19.1 Å². The number of ether oxygens (including phenoxy) is 2. The van der Waals surface area contributed by atoms with E-state index in [2.05, 4.69) is 16.2 Å². The second kappa shape index (κ2) is 6.85. The highest BCUT2D eigenvalue weighted by atomic mass is 16.5. The van der Waals surface area contributed by atoms with Crippen LogP contribution in [0.1, 0.15) is 6.92 Å². The molecule has 1 aromatic rings. The number of esters is 1. The van der Waals surface area contributed by atoms with Crippen LogP contribution in [-0.2, 0) is 9.53 Å². The topological polar surface area (TPSA) is 74.9 Å². The van der Waals surface area contributed by atoms with Crippen molar-refractivity contribution in [1.29, 1.82) is 0 Å². The predicted molar refractivity (Wildman–Crippen MR) is 79.2 cm³/mol. The molecule has 0 saturated carbocycles. The second-order valence-electron chi connectivity index (χ2n) is 4.45. The number of hydrogen-bond donors (Lipinski definition) is 3. The molecule has 7 nitrogen and oxygen atoms in total. The number of carbonyl (C=O) groups is 1. The summed E-state index contributed by atoms with van der Waals surface area (Å²) in [6.07, 6.45) is 1.45. The molecule has 114 valence electrons. The maximum absolute atomic E-state index is 11.6. The third kappa shape index (κ3) is 3.57. The van der Waals surface area contributed by atoms with Crippen LogP contribution in [0.2, 0.25) is 0 Å². The van der Waals surface area contributed by atoms with E-state index in [0.717, 1.165) is 11.4 Å². The molecule has 7 heteroatoms. The Morgan fingerprint density at radius 2 is 2.19 bits per heavy atom. The molecule has 1 heterocycles. The summed E-state index contributed by atoms with van der Waals surface area (Å²) in [5.74, 6) is 0.348. The first-order valence-electron chi connectivity index (χ1n) is 6.67. The molecule has 0 spiro atoms.